The summed E-state index contributed by atoms with van der Waals surface area (Å²) in [4.78, 5) is 0. The van der Waals surface area contributed by atoms with Gasteiger partial charge in [-0.1, -0.05) is 17.2 Å². The zero-order valence-electron chi connectivity index (χ0n) is 11.0. The van der Waals surface area contributed by atoms with Crippen molar-refractivity contribution in [3.8, 4) is 11.5 Å². The Balaban J connectivity index is 1.79. The Morgan fingerprint density at radius 1 is 1.22 bits per heavy atom. The maximum absolute atomic E-state index is 5.42. The molecular formula is C15H19NO2. The van der Waals surface area contributed by atoms with E-state index in [4.69, 9.17) is 9.47 Å². The van der Waals surface area contributed by atoms with Crippen molar-refractivity contribution in [3.05, 3.63) is 34.9 Å². The van der Waals surface area contributed by atoms with Gasteiger partial charge in [0.1, 0.15) is 0 Å². The molecule has 1 atom stereocenters. The minimum absolute atomic E-state index is 0.346. The Bertz CT molecular complexity index is 493. The molecule has 0 bridgehead atoms. The maximum Gasteiger partial charge on any atom is 0.231 e. The number of fused-ring (bicyclic) bond motifs is 1. The molecule has 1 N–H and O–H groups in total. The van der Waals surface area contributed by atoms with Gasteiger partial charge >= 0.3 is 0 Å². The first-order valence-electron chi connectivity index (χ1n) is 6.52. The molecule has 1 aromatic rings. The summed E-state index contributed by atoms with van der Waals surface area (Å²) in [6.45, 7) is 5.90. The molecule has 1 unspecified atom stereocenters. The minimum Gasteiger partial charge on any atom is -0.454 e. The second-order valence-electron chi connectivity index (χ2n) is 5.11. The van der Waals surface area contributed by atoms with Gasteiger partial charge in [-0.25, -0.2) is 0 Å². The molecule has 1 aromatic carbocycles. The lowest BCUT2D eigenvalue weighted by Crippen LogP contribution is -2.37. The molecule has 0 aromatic heterocycles. The minimum atomic E-state index is 0.346. The van der Waals surface area contributed by atoms with Gasteiger partial charge in [-0.2, -0.15) is 0 Å². The zero-order chi connectivity index (χ0) is 12.5. The smallest absolute Gasteiger partial charge is 0.231 e. The zero-order valence-corrected chi connectivity index (χ0v) is 11.0. The Hall–Kier alpha value is -1.48. The molecule has 0 saturated heterocycles. The van der Waals surface area contributed by atoms with E-state index >= 15 is 0 Å². The number of rotatable bonds is 2. The van der Waals surface area contributed by atoms with Crippen molar-refractivity contribution in [2.75, 3.05) is 13.3 Å². The second kappa shape index (κ2) is 4.65. The average molecular weight is 245 g/mol. The van der Waals surface area contributed by atoms with Crippen LogP contribution < -0.4 is 14.8 Å². The first-order chi connectivity index (χ1) is 8.74. The molecule has 0 fully saturated rings. The Labute approximate surface area is 108 Å². The van der Waals surface area contributed by atoms with E-state index in [2.05, 4.69) is 31.3 Å². The van der Waals surface area contributed by atoms with E-state index in [9.17, 15) is 0 Å². The fraction of sp³-hybridized carbons (Fsp3) is 0.467. The summed E-state index contributed by atoms with van der Waals surface area (Å²) in [5.41, 5.74) is 4.31. The Kier molecular flexibility index (Phi) is 3.00. The van der Waals surface area contributed by atoms with Crippen LogP contribution >= 0.6 is 0 Å². The van der Waals surface area contributed by atoms with Crippen LogP contribution in [-0.2, 0) is 6.42 Å². The summed E-state index contributed by atoms with van der Waals surface area (Å²) < 4.78 is 10.8. The fourth-order valence-electron chi connectivity index (χ4n) is 2.61. The first-order valence-corrected chi connectivity index (χ1v) is 6.52. The van der Waals surface area contributed by atoms with Gasteiger partial charge in [0.15, 0.2) is 11.5 Å². The monoisotopic (exact) mass is 245 g/mol. The van der Waals surface area contributed by atoms with Crippen LogP contribution in [0.5, 0.6) is 11.5 Å². The largest absolute Gasteiger partial charge is 0.454 e. The van der Waals surface area contributed by atoms with Crippen molar-refractivity contribution < 1.29 is 9.47 Å². The SMILES string of the molecule is CC1=C(C)C(Cc2ccc3c(c2)OCO3)NCC1. The van der Waals surface area contributed by atoms with Gasteiger partial charge < -0.3 is 14.8 Å². The van der Waals surface area contributed by atoms with Crippen LogP contribution in [0.3, 0.4) is 0 Å². The highest BCUT2D eigenvalue weighted by Gasteiger charge is 2.19. The lowest BCUT2D eigenvalue weighted by atomic mass is 9.92. The number of ether oxygens (including phenoxy) is 2. The van der Waals surface area contributed by atoms with Crippen molar-refractivity contribution in [1.29, 1.82) is 0 Å². The highest BCUT2D eigenvalue weighted by Crippen LogP contribution is 2.33. The van der Waals surface area contributed by atoms with E-state index in [1.54, 1.807) is 0 Å². The predicted octanol–water partition coefficient (Wildman–Crippen LogP) is 2.66. The fourth-order valence-corrected chi connectivity index (χ4v) is 2.61. The van der Waals surface area contributed by atoms with Gasteiger partial charge in [0.25, 0.3) is 0 Å². The molecule has 2 aliphatic rings. The van der Waals surface area contributed by atoms with Crippen molar-refractivity contribution in [3.63, 3.8) is 0 Å². The molecule has 0 aliphatic carbocycles. The van der Waals surface area contributed by atoms with Crippen molar-refractivity contribution >= 4 is 0 Å². The molecule has 0 spiro atoms. The summed E-state index contributed by atoms with van der Waals surface area (Å²) in [5, 5.41) is 3.59. The van der Waals surface area contributed by atoms with Crippen LogP contribution in [0.2, 0.25) is 0 Å². The van der Waals surface area contributed by atoms with Crippen LogP contribution in [0.4, 0.5) is 0 Å². The van der Waals surface area contributed by atoms with Crippen molar-refractivity contribution in [2.24, 2.45) is 0 Å². The molecule has 3 rings (SSSR count). The van der Waals surface area contributed by atoms with E-state index in [-0.39, 0.29) is 0 Å². The van der Waals surface area contributed by atoms with E-state index in [1.165, 1.54) is 23.1 Å². The molecule has 2 aliphatic heterocycles. The molecule has 96 valence electrons. The maximum atomic E-state index is 5.42. The normalized spacial score (nSPS) is 22.4. The van der Waals surface area contributed by atoms with Gasteiger partial charge in [-0.05, 0) is 50.9 Å². The lowest BCUT2D eigenvalue weighted by Gasteiger charge is -2.27. The van der Waals surface area contributed by atoms with Gasteiger partial charge in [0, 0.05) is 6.04 Å². The molecule has 2 heterocycles. The van der Waals surface area contributed by atoms with Gasteiger partial charge in [-0.15, -0.1) is 0 Å². The van der Waals surface area contributed by atoms with Gasteiger partial charge in [0.05, 0.1) is 0 Å². The summed E-state index contributed by atoms with van der Waals surface area (Å²) in [6.07, 6.45) is 2.18. The Morgan fingerprint density at radius 3 is 2.94 bits per heavy atom. The molecule has 0 saturated carbocycles. The summed E-state index contributed by atoms with van der Waals surface area (Å²) in [5.74, 6) is 1.74. The van der Waals surface area contributed by atoms with E-state index in [0.29, 0.717) is 12.8 Å². The van der Waals surface area contributed by atoms with E-state index in [1.807, 2.05) is 6.07 Å². The second-order valence-corrected chi connectivity index (χ2v) is 5.11. The predicted molar refractivity (Wildman–Crippen MR) is 71.1 cm³/mol. The number of nitrogens with one attached hydrogen (secondary N) is 1. The highest BCUT2D eigenvalue weighted by molar-refractivity contribution is 5.45. The van der Waals surface area contributed by atoms with Gasteiger partial charge in [-0.3, -0.25) is 0 Å². The van der Waals surface area contributed by atoms with E-state index in [0.717, 1.165) is 24.5 Å². The Morgan fingerprint density at radius 2 is 2.06 bits per heavy atom. The van der Waals surface area contributed by atoms with Crippen LogP contribution in [0.25, 0.3) is 0 Å². The molecule has 0 amide bonds. The number of benzene rings is 1. The molecule has 3 heteroatoms. The third-order valence-corrected chi connectivity index (χ3v) is 3.96. The van der Waals surface area contributed by atoms with Crippen LogP contribution in [0, 0.1) is 0 Å². The third kappa shape index (κ3) is 2.10. The van der Waals surface area contributed by atoms with Crippen molar-refractivity contribution in [2.45, 2.75) is 32.7 Å². The topological polar surface area (TPSA) is 30.5 Å². The third-order valence-electron chi connectivity index (χ3n) is 3.96. The lowest BCUT2D eigenvalue weighted by molar-refractivity contribution is 0.174. The number of hydrogen-bond donors (Lipinski definition) is 1. The summed E-state index contributed by atoms with van der Waals surface area (Å²) >= 11 is 0. The summed E-state index contributed by atoms with van der Waals surface area (Å²) in [6, 6.07) is 6.69. The van der Waals surface area contributed by atoms with Crippen LogP contribution in [0.1, 0.15) is 25.8 Å². The highest BCUT2D eigenvalue weighted by atomic mass is 16.7. The van der Waals surface area contributed by atoms with E-state index < -0.39 is 0 Å². The molecule has 18 heavy (non-hydrogen) atoms. The standard InChI is InChI=1S/C15H19NO2/c1-10-5-6-16-13(11(10)2)7-12-3-4-14-15(8-12)18-9-17-14/h3-4,8,13,16H,5-7,9H2,1-2H3. The summed E-state index contributed by atoms with van der Waals surface area (Å²) in [7, 11) is 0. The molecule has 3 nitrogen and oxygen atoms in total. The first kappa shape index (κ1) is 11.6. The van der Waals surface area contributed by atoms with Gasteiger partial charge in [0.2, 0.25) is 6.79 Å². The average Bonchev–Trinajstić information content (AvgIpc) is 2.82. The van der Waals surface area contributed by atoms with Crippen molar-refractivity contribution in [1.82, 2.24) is 5.32 Å². The quantitative estimate of drug-likeness (QED) is 0.813. The van der Waals surface area contributed by atoms with Crippen LogP contribution in [-0.4, -0.2) is 19.4 Å². The molecule has 0 radical (unpaired) electrons. The number of hydrogen-bond acceptors (Lipinski definition) is 3. The molecular weight excluding hydrogens is 226 g/mol. The van der Waals surface area contributed by atoms with Crippen LogP contribution in [0.15, 0.2) is 29.3 Å².